The van der Waals surface area contributed by atoms with Crippen molar-refractivity contribution >= 4 is 34.1 Å². The highest BCUT2D eigenvalue weighted by molar-refractivity contribution is 7.80. The molecule has 0 aliphatic carbocycles. The van der Waals surface area contributed by atoms with Gasteiger partial charge in [0, 0.05) is 27.2 Å². The summed E-state index contributed by atoms with van der Waals surface area (Å²) < 4.78 is 74.5. The van der Waals surface area contributed by atoms with E-state index >= 15 is 0 Å². The zero-order valence-electron chi connectivity index (χ0n) is 34.0. The molecule has 3 amide bonds. The second-order valence-corrected chi connectivity index (χ2v) is 16.5. The van der Waals surface area contributed by atoms with Gasteiger partial charge in [-0.15, -0.1) is 0 Å². The maximum atomic E-state index is 12.7. The summed E-state index contributed by atoms with van der Waals surface area (Å²) in [5.74, 6) is -7.31. The molecule has 31 heteroatoms. The van der Waals surface area contributed by atoms with Crippen LogP contribution in [0.4, 0.5) is 0 Å². The van der Waals surface area contributed by atoms with Gasteiger partial charge in [0.1, 0.15) is 91.4 Å². The molecule has 370 valence electrons. The van der Waals surface area contributed by atoms with Gasteiger partial charge in [-0.2, -0.15) is 8.42 Å². The predicted molar refractivity (Wildman–Crippen MR) is 196 cm³/mol. The summed E-state index contributed by atoms with van der Waals surface area (Å²) in [6.07, 6.45) is -34.8. The Morgan fingerprint density at radius 3 is 1.80 bits per heavy atom. The van der Waals surface area contributed by atoms with Crippen molar-refractivity contribution in [3.05, 3.63) is 0 Å². The van der Waals surface area contributed by atoms with Gasteiger partial charge in [0.25, 0.3) is 5.79 Å². The van der Waals surface area contributed by atoms with Crippen LogP contribution in [0.5, 0.6) is 0 Å². The Bertz CT molecular complexity index is 1720. The van der Waals surface area contributed by atoms with Gasteiger partial charge in [0.15, 0.2) is 18.9 Å². The second-order valence-electron chi connectivity index (χ2n) is 15.4. The molecule has 4 rings (SSSR count). The van der Waals surface area contributed by atoms with Gasteiger partial charge in [-0.1, -0.05) is 0 Å². The predicted octanol–water partition coefficient (Wildman–Crippen LogP) is -10.3. The van der Waals surface area contributed by atoms with E-state index in [1.54, 1.807) is 0 Å². The molecule has 4 aliphatic heterocycles. The molecule has 0 aromatic heterocycles. The normalized spacial score (nSPS) is 41.6. The number of carboxylic acid groups (broad SMARTS) is 1. The number of carbonyl (C=O) groups excluding carboxylic acids is 3. The lowest BCUT2D eigenvalue weighted by atomic mass is 9.88. The zero-order chi connectivity index (χ0) is 48.2. The molecule has 16 N–H and O–H groups in total. The molecule has 1 unspecified atom stereocenters. The molecule has 21 atom stereocenters. The minimum absolute atomic E-state index is 0.777. The minimum atomic E-state index is -5.08. The number of hydrogen-bond acceptors (Lipinski definition) is 25. The summed E-state index contributed by atoms with van der Waals surface area (Å²) in [7, 11) is -5.08. The van der Waals surface area contributed by atoms with Crippen LogP contribution in [0.1, 0.15) is 27.2 Å². The summed E-state index contributed by atoms with van der Waals surface area (Å²) in [6, 6.07) is -4.89. The molecule has 4 fully saturated rings. The van der Waals surface area contributed by atoms with Gasteiger partial charge in [-0.25, -0.2) is 8.98 Å². The molecule has 0 saturated carbocycles. The molecule has 4 aliphatic rings. The Balaban J connectivity index is 1.56. The monoisotopic (exact) mass is 957 g/mol. The smallest absolute Gasteiger partial charge is 0.397 e. The first-order valence-electron chi connectivity index (χ1n) is 19.3. The lowest BCUT2D eigenvalue weighted by molar-refractivity contribution is -0.358. The number of aliphatic carboxylic acids is 1. The SMILES string of the molecule is CC(=O)N[C@H]1[C@H](OC[C@H]2OC(O)[C@H](NC(C)=O)[C@@H](O[C@@H]3O[C@H](CO[C@]4(C(=O)O)C[C@H](O)[C@@H](NC(C)=O)[C@H]([C@H](O)[C@H](O)CO)O4)[C@H](O)[C@H](O)[C@H]3O)[C@H]2O)O[C@H](COS(=O)(=O)O)[C@@H](O)[C@@H]1O. The number of nitrogens with one attached hydrogen (secondary N) is 3. The van der Waals surface area contributed by atoms with Crippen LogP contribution in [0, 0.1) is 0 Å². The number of aliphatic hydroxyl groups is 11. The average Bonchev–Trinajstić information content (AvgIpc) is 3.20. The third kappa shape index (κ3) is 12.9. The van der Waals surface area contributed by atoms with Gasteiger partial charge in [0.05, 0.1) is 38.6 Å². The molecule has 4 heterocycles. The Morgan fingerprint density at radius 1 is 0.703 bits per heavy atom. The summed E-state index contributed by atoms with van der Waals surface area (Å²) in [4.78, 5) is 48.6. The highest BCUT2D eigenvalue weighted by Crippen LogP contribution is 2.36. The van der Waals surface area contributed by atoms with E-state index in [1.165, 1.54) is 0 Å². The third-order valence-electron chi connectivity index (χ3n) is 10.6. The van der Waals surface area contributed by atoms with Crippen molar-refractivity contribution in [1.29, 1.82) is 0 Å². The second kappa shape index (κ2) is 22.2. The summed E-state index contributed by atoms with van der Waals surface area (Å²) in [6.45, 7) is -1.10. The van der Waals surface area contributed by atoms with Crippen molar-refractivity contribution in [2.24, 2.45) is 0 Å². The van der Waals surface area contributed by atoms with E-state index in [1.807, 2.05) is 0 Å². The molecular weight excluding hydrogens is 902 g/mol. The average molecular weight is 958 g/mol. The maximum absolute atomic E-state index is 12.7. The van der Waals surface area contributed by atoms with Gasteiger partial charge in [-0.05, 0) is 0 Å². The molecule has 0 radical (unpaired) electrons. The summed E-state index contributed by atoms with van der Waals surface area (Å²) in [5, 5.41) is 134. The maximum Gasteiger partial charge on any atom is 0.397 e. The first kappa shape index (κ1) is 53.6. The Morgan fingerprint density at radius 2 is 1.23 bits per heavy atom. The molecule has 0 aromatic carbocycles. The first-order chi connectivity index (χ1) is 29.7. The Kier molecular flexibility index (Phi) is 18.6. The van der Waals surface area contributed by atoms with Crippen LogP contribution in [0.15, 0.2) is 0 Å². The highest BCUT2D eigenvalue weighted by atomic mass is 32.3. The van der Waals surface area contributed by atoms with Gasteiger partial charge >= 0.3 is 16.4 Å². The highest BCUT2D eigenvalue weighted by Gasteiger charge is 2.58. The molecule has 30 nitrogen and oxygen atoms in total. The van der Waals surface area contributed by atoms with Crippen molar-refractivity contribution < 1.29 is 131 Å². The fourth-order valence-corrected chi connectivity index (χ4v) is 7.69. The van der Waals surface area contributed by atoms with Crippen LogP contribution in [-0.2, 0) is 66.9 Å². The standard InChI is InChI=1S/C33H55N3O27S/c1-9(38)34-17-12(41)4-33(32(51)52,63-28(17)20(43)13(42)5-37)57-7-15-22(45)25(48)26(49)31(61-15)62-27-19(36-11(3)40)29(50)59-14(23(27)46)6-56-30-18(35-10(2)39)24(47)21(44)16(60-30)8-58-64(53,54)55/h12-31,37,41-50H,4-8H2,1-3H3,(H,34,38)(H,35,39)(H,36,40)(H,51,52)(H,53,54,55)/t12-,13+,14+,15+,16+,17+,18+,19+,20+,21+,22-,23-,24+,25-,26+,27+,28+,29?,30+,31-,33+/m0/s1. The van der Waals surface area contributed by atoms with Crippen LogP contribution in [0.2, 0.25) is 0 Å². The fraction of sp³-hybridized carbons (Fsp3) is 0.879. The fourth-order valence-electron chi connectivity index (χ4n) is 7.38. The Hall–Kier alpha value is -2.97. The van der Waals surface area contributed by atoms with Crippen LogP contribution in [0.3, 0.4) is 0 Å². The van der Waals surface area contributed by atoms with Gasteiger partial charge in [-0.3, -0.25) is 18.9 Å². The van der Waals surface area contributed by atoms with Crippen LogP contribution in [-0.4, -0.2) is 253 Å². The number of carbonyl (C=O) groups is 4. The van der Waals surface area contributed by atoms with Crippen LogP contribution in [0.25, 0.3) is 0 Å². The van der Waals surface area contributed by atoms with Crippen LogP contribution >= 0.6 is 0 Å². The number of aliphatic hydroxyl groups excluding tert-OH is 11. The molecule has 64 heavy (non-hydrogen) atoms. The number of carboxylic acids is 1. The molecule has 0 aromatic rings. The zero-order valence-corrected chi connectivity index (χ0v) is 34.8. The van der Waals surface area contributed by atoms with Crippen molar-refractivity contribution in [2.75, 3.05) is 26.4 Å². The quantitative estimate of drug-likeness (QED) is 0.0567. The lowest BCUT2D eigenvalue weighted by Gasteiger charge is -2.48. The van der Waals surface area contributed by atoms with Crippen LogP contribution < -0.4 is 16.0 Å². The van der Waals surface area contributed by atoms with Gasteiger partial charge in [0.2, 0.25) is 17.7 Å². The van der Waals surface area contributed by atoms with E-state index in [-0.39, 0.29) is 0 Å². The number of rotatable bonds is 18. The number of amides is 3. The van der Waals surface area contributed by atoms with E-state index in [9.17, 15) is 88.9 Å². The Labute approximate surface area is 362 Å². The van der Waals surface area contributed by atoms with Crippen molar-refractivity contribution in [1.82, 2.24) is 16.0 Å². The van der Waals surface area contributed by atoms with Crippen molar-refractivity contribution in [2.45, 2.75) is 155 Å². The molecular formula is C33H55N3O27S. The van der Waals surface area contributed by atoms with Crippen molar-refractivity contribution in [3.8, 4) is 0 Å². The van der Waals surface area contributed by atoms with Gasteiger partial charge < -0.3 is 110 Å². The van der Waals surface area contributed by atoms with E-state index < -0.39 is 195 Å². The summed E-state index contributed by atoms with van der Waals surface area (Å²) in [5.41, 5.74) is 0. The topological polar surface area (TPSA) is 475 Å². The lowest BCUT2D eigenvalue weighted by Crippen LogP contribution is -2.69. The van der Waals surface area contributed by atoms with E-state index in [4.69, 9.17) is 37.7 Å². The number of ether oxygens (including phenoxy) is 7. The van der Waals surface area contributed by atoms with Crippen molar-refractivity contribution in [3.63, 3.8) is 0 Å². The van der Waals surface area contributed by atoms with E-state index in [2.05, 4.69) is 20.1 Å². The third-order valence-corrected chi connectivity index (χ3v) is 11.0. The molecule has 4 saturated heterocycles. The van der Waals surface area contributed by atoms with E-state index in [0.717, 1.165) is 20.8 Å². The molecule has 0 bridgehead atoms. The largest absolute Gasteiger partial charge is 0.477 e. The first-order valence-corrected chi connectivity index (χ1v) is 20.7. The minimum Gasteiger partial charge on any atom is -0.477 e. The number of hydrogen-bond donors (Lipinski definition) is 16. The summed E-state index contributed by atoms with van der Waals surface area (Å²) >= 11 is 0. The molecule has 0 spiro atoms. The van der Waals surface area contributed by atoms with E-state index in [0.29, 0.717) is 0 Å².